The number of carbonyl (C=O) groups excluding carboxylic acids is 1. The monoisotopic (exact) mass is 323 g/mol. The minimum absolute atomic E-state index is 0.158. The van der Waals surface area contributed by atoms with E-state index in [9.17, 15) is 4.79 Å². The number of likely N-dealkylation sites (tertiary alicyclic amines) is 1. The molecule has 4 rings (SSSR count). The molecule has 3 heterocycles. The first-order valence-corrected chi connectivity index (χ1v) is 8.39. The Morgan fingerprint density at radius 2 is 2.21 bits per heavy atom. The van der Waals surface area contributed by atoms with Crippen LogP contribution in [0.3, 0.4) is 0 Å². The number of benzene rings is 1. The Morgan fingerprint density at radius 1 is 1.33 bits per heavy atom. The van der Waals surface area contributed by atoms with Gasteiger partial charge in [0.25, 0.3) is 0 Å². The number of amides is 1. The molecule has 0 unspecified atom stereocenters. The topological polar surface area (TPSA) is 56.0 Å². The van der Waals surface area contributed by atoms with Crippen LogP contribution < -0.4 is 0 Å². The fourth-order valence-corrected chi connectivity index (χ4v) is 3.54. The van der Waals surface area contributed by atoms with Gasteiger partial charge in [0.2, 0.25) is 5.91 Å². The maximum Gasteiger partial charge on any atom is 0.242 e. The van der Waals surface area contributed by atoms with E-state index in [2.05, 4.69) is 14.5 Å². The van der Waals surface area contributed by atoms with Crippen LogP contribution in [0, 0.1) is 6.92 Å². The first kappa shape index (κ1) is 14.9. The zero-order valence-electron chi connectivity index (χ0n) is 13.8. The fraction of sp³-hybridized carbons (Fsp3) is 0.389. The van der Waals surface area contributed by atoms with Crippen LogP contribution in [-0.2, 0) is 11.3 Å². The summed E-state index contributed by atoms with van der Waals surface area (Å²) in [5.41, 5.74) is 1.96. The van der Waals surface area contributed by atoms with E-state index in [1.54, 1.807) is 6.20 Å². The zero-order chi connectivity index (χ0) is 16.5. The van der Waals surface area contributed by atoms with Crippen LogP contribution in [-0.4, -0.2) is 43.0 Å². The molecule has 0 saturated carbocycles. The van der Waals surface area contributed by atoms with Gasteiger partial charge in [-0.05, 0) is 31.9 Å². The van der Waals surface area contributed by atoms with Crippen LogP contribution in [0.2, 0.25) is 0 Å². The third kappa shape index (κ3) is 2.68. The van der Waals surface area contributed by atoms with Gasteiger partial charge in [-0.1, -0.05) is 12.1 Å². The molecule has 0 N–H and O–H groups in total. The van der Waals surface area contributed by atoms with E-state index >= 15 is 0 Å². The number of hydrogen-bond acceptors (Lipinski definition) is 3. The highest BCUT2D eigenvalue weighted by molar-refractivity contribution is 5.81. The van der Waals surface area contributed by atoms with Gasteiger partial charge in [-0.25, -0.2) is 9.97 Å². The minimum atomic E-state index is 0.158. The van der Waals surface area contributed by atoms with E-state index < -0.39 is 0 Å². The normalized spacial score (nSPS) is 18.2. The molecule has 124 valence electrons. The Hall–Kier alpha value is -2.63. The second kappa shape index (κ2) is 6.11. The second-order valence-electron chi connectivity index (χ2n) is 6.38. The van der Waals surface area contributed by atoms with Crippen molar-refractivity contribution in [3.8, 4) is 0 Å². The number of aromatic nitrogens is 4. The fourth-order valence-electron chi connectivity index (χ4n) is 3.54. The molecule has 1 aliphatic rings. The average Bonchev–Trinajstić information content (AvgIpc) is 3.24. The zero-order valence-corrected chi connectivity index (χ0v) is 13.8. The lowest BCUT2D eigenvalue weighted by atomic mass is 10.1. The standard InChI is InChI=1S/C18H21N5O/c1-14-20-16-6-2-3-7-17(16)23(14)12-18(24)21-9-4-5-15(11-21)22-10-8-19-13-22/h2-3,6-8,10,13,15H,4-5,9,11-12H2,1H3/t15-/m1/s1. The van der Waals surface area contributed by atoms with Crippen LogP contribution in [0.4, 0.5) is 0 Å². The molecule has 1 amide bonds. The number of aryl methyl sites for hydroxylation is 1. The molecule has 6 heteroatoms. The maximum absolute atomic E-state index is 12.8. The molecule has 0 radical (unpaired) electrons. The van der Waals surface area contributed by atoms with Crippen molar-refractivity contribution in [3.63, 3.8) is 0 Å². The number of para-hydroxylation sites is 2. The number of imidazole rings is 2. The van der Waals surface area contributed by atoms with Crippen molar-refractivity contribution in [1.29, 1.82) is 0 Å². The molecule has 0 bridgehead atoms. The molecule has 0 spiro atoms. The molecular weight excluding hydrogens is 302 g/mol. The Labute approximate surface area is 140 Å². The molecule has 3 aromatic rings. The summed E-state index contributed by atoms with van der Waals surface area (Å²) in [6, 6.07) is 8.29. The predicted molar refractivity (Wildman–Crippen MR) is 91.5 cm³/mol. The number of rotatable bonds is 3. The molecule has 1 aromatic carbocycles. The van der Waals surface area contributed by atoms with E-state index in [0.29, 0.717) is 12.6 Å². The van der Waals surface area contributed by atoms with Crippen molar-refractivity contribution in [1.82, 2.24) is 24.0 Å². The molecule has 1 aliphatic heterocycles. The molecule has 1 atom stereocenters. The first-order valence-electron chi connectivity index (χ1n) is 8.39. The van der Waals surface area contributed by atoms with E-state index in [1.165, 1.54) is 0 Å². The maximum atomic E-state index is 12.8. The third-order valence-corrected chi connectivity index (χ3v) is 4.83. The molecular formula is C18H21N5O. The summed E-state index contributed by atoms with van der Waals surface area (Å²) in [5.74, 6) is 1.04. The summed E-state index contributed by atoms with van der Waals surface area (Å²) in [6.45, 7) is 3.89. The van der Waals surface area contributed by atoms with Crippen molar-refractivity contribution in [3.05, 3.63) is 48.8 Å². The lowest BCUT2D eigenvalue weighted by Gasteiger charge is -2.33. The smallest absolute Gasteiger partial charge is 0.242 e. The summed E-state index contributed by atoms with van der Waals surface area (Å²) < 4.78 is 4.12. The number of fused-ring (bicyclic) bond motifs is 1. The summed E-state index contributed by atoms with van der Waals surface area (Å²) >= 11 is 0. The van der Waals surface area contributed by atoms with E-state index in [-0.39, 0.29) is 5.91 Å². The Balaban J connectivity index is 1.52. The van der Waals surface area contributed by atoms with Crippen molar-refractivity contribution in [2.75, 3.05) is 13.1 Å². The van der Waals surface area contributed by atoms with Crippen LogP contribution in [0.25, 0.3) is 11.0 Å². The molecule has 6 nitrogen and oxygen atoms in total. The van der Waals surface area contributed by atoms with E-state index in [0.717, 1.165) is 42.8 Å². The van der Waals surface area contributed by atoms with Gasteiger partial charge >= 0.3 is 0 Å². The van der Waals surface area contributed by atoms with Crippen molar-refractivity contribution in [2.24, 2.45) is 0 Å². The van der Waals surface area contributed by atoms with Crippen LogP contribution >= 0.6 is 0 Å². The van der Waals surface area contributed by atoms with Crippen molar-refractivity contribution in [2.45, 2.75) is 32.4 Å². The van der Waals surface area contributed by atoms with Crippen molar-refractivity contribution < 1.29 is 4.79 Å². The predicted octanol–water partition coefficient (Wildman–Crippen LogP) is 2.40. The summed E-state index contributed by atoms with van der Waals surface area (Å²) in [7, 11) is 0. The minimum Gasteiger partial charge on any atom is -0.339 e. The van der Waals surface area contributed by atoms with Gasteiger partial charge < -0.3 is 14.0 Å². The number of piperidine rings is 1. The largest absolute Gasteiger partial charge is 0.339 e. The number of hydrogen-bond donors (Lipinski definition) is 0. The van der Waals surface area contributed by atoms with Gasteiger partial charge in [0, 0.05) is 25.5 Å². The highest BCUT2D eigenvalue weighted by Crippen LogP contribution is 2.22. The van der Waals surface area contributed by atoms with Crippen LogP contribution in [0.15, 0.2) is 43.0 Å². The lowest BCUT2D eigenvalue weighted by molar-refractivity contribution is -0.133. The second-order valence-corrected chi connectivity index (χ2v) is 6.38. The van der Waals surface area contributed by atoms with Crippen molar-refractivity contribution >= 4 is 16.9 Å². The highest BCUT2D eigenvalue weighted by atomic mass is 16.2. The van der Waals surface area contributed by atoms with E-state index in [4.69, 9.17) is 0 Å². The average molecular weight is 323 g/mol. The van der Waals surface area contributed by atoms with E-state index in [1.807, 2.05) is 53.2 Å². The Bertz CT molecular complexity index is 852. The van der Waals surface area contributed by atoms with Gasteiger partial charge in [0.1, 0.15) is 12.4 Å². The summed E-state index contributed by atoms with van der Waals surface area (Å²) in [4.78, 5) is 23.5. The van der Waals surface area contributed by atoms with Gasteiger partial charge in [-0.15, -0.1) is 0 Å². The lowest BCUT2D eigenvalue weighted by Crippen LogP contribution is -2.42. The summed E-state index contributed by atoms with van der Waals surface area (Å²) in [5, 5.41) is 0. The molecule has 2 aromatic heterocycles. The quantitative estimate of drug-likeness (QED) is 0.744. The molecule has 24 heavy (non-hydrogen) atoms. The molecule has 1 saturated heterocycles. The molecule has 1 fully saturated rings. The van der Waals surface area contributed by atoms with Crippen LogP contribution in [0.5, 0.6) is 0 Å². The van der Waals surface area contributed by atoms with Gasteiger partial charge in [-0.3, -0.25) is 4.79 Å². The Kier molecular flexibility index (Phi) is 3.80. The Morgan fingerprint density at radius 3 is 3.04 bits per heavy atom. The number of carbonyl (C=O) groups is 1. The van der Waals surface area contributed by atoms with Gasteiger partial charge in [-0.2, -0.15) is 0 Å². The number of nitrogens with zero attached hydrogens (tertiary/aromatic N) is 5. The van der Waals surface area contributed by atoms with Gasteiger partial charge in [0.15, 0.2) is 0 Å². The molecule has 0 aliphatic carbocycles. The van der Waals surface area contributed by atoms with Gasteiger partial charge in [0.05, 0.1) is 23.4 Å². The van der Waals surface area contributed by atoms with Crippen LogP contribution in [0.1, 0.15) is 24.7 Å². The third-order valence-electron chi connectivity index (χ3n) is 4.83. The first-order chi connectivity index (χ1) is 11.7. The summed E-state index contributed by atoms with van der Waals surface area (Å²) in [6.07, 6.45) is 7.73. The highest BCUT2D eigenvalue weighted by Gasteiger charge is 2.25. The SMILES string of the molecule is Cc1nc2ccccc2n1CC(=O)N1CCC[C@@H](n2ccnc2)C1.